The molecule has 4 saturated carbocycles. The molecule has 1 saturated heterocycles. The predicted octanol–water partition coefficient (Wildman–Crippen LogP) is 5.44. The number of amides is 1. The average molecular weight is 595 g/mol. The second-order valence-corrected chi connectivity index (χ2v) is 13.4. The van der Waals surface area contributed by atoms with Crippen LogP contribution in [-0.4, -0.2) is 65.8 Å². The second kappa shape index (κ2) is 10.2. The Kier molecular flexibility index (Phi) is 7.11. The molecule has 42 heavy (non-hydrogen) atoms. The number of halogens is 4. The molecule has 2 heterocycles. The molecular weight excluding hydrogens is 556 g/mol. The van der Waals surface area contributed by atoms with Gasteiger partial charge in [0.25, 0.3) is 5.89 Å². The van der Waals surface area contributed by atoms with Gasteiger partial charge in [-0.15, -0.1) is 0 Å². The van der Waals surface area contributed by atoms with Crippen LogP contribution >= 0.6 is 0 Å². The molecule has 7 rings (SSSR count). The lowest BCUT2D eigenvalue weighted by Crippen LogP contribution is -2.60. The fourth-order valence-electron chi connectivity index (χ4n) is 7.21. The van der Waals surface area contributed by atoms with E-state index in [-0.39, 0.29) is 22.6 Å². The third-order valence-electron chi connectivity index (χ3n) is 10.1. The molecule has 2 aromatic rings. The molecule has 1 aromatic carbocycles. The number of hydrogen-bond acceptors (Lipinski definition) is 7. The van der Waals surface area contributed by atoms with Crippen LogP contribution in [0, 0.1) is 11.3 Å². The summed E-state index contributed by atoms with van der Waals surface area (Å²) in [5.41, 5.74) is -3.50. The SMILES string of the molecule is CC(C)(F)c1nc(C23CCC(CN(C(=O)C4CC(O)(C(F)(F)F)C4)c4cccc(N5CCOCC5)c4)(CC2)CC3)no1. The van der Waals surface area contributed by atoms with E-state index in [2.05, 4.69) is 15.0 Å². The van der Waals surface area contributed by atoms with Gasteiger partial charge in [-0.1, -0.05) is 11.2 Å². The molecule has 12 heteroatoms. The summed E-state index contributed by atoms with van der Waals surface area (Å²) in [5, 5.41) is 14.2. The van der Waals surface area contributed by atoms with E-state index in [0.29, 0.717) is 44.4 Å². The number of fused-ring (bicyclic) bond motifs is 3. The first-order valence-electron chi connectivity index (χ1n) is 14.8. The Balaban J connectivity index is 1.24. The molecule has 5 aliphatic rings. The predicted molar refractivity (Wildman–Crippen MR) is 146 cm³/mol. The Morgan fingerprint density at radius 1 is 1.07 bits per heavy atom. The Bertz CT molecular complexity index is 1290. The maximum absolute atomic E-state index is 14.4. The van der Waals surface area contributed by atoms with E-state index in [0.717, 1.165) is 44.2 Å². The lowest BCUT2D eigenvalue weighted by molar-refractivity contribution is -0.295. The van der Waals surface area contributed by atoms with Gasteiger partial charge in [0.1, 0.15) is 0 Å². The van der Waals surface area contributed by atoms with Crippen molar-refractivity contribution in [2.24, 2.45) is 11.3 Å². The molecule has 4 aliphatic carbocycles. The largest absolute Gasteiger partial charge is 0.417 e. The van der Waals surface area contributed by atoms with Gasteiger partial charge >= 0.3 is 6.18 Å². The van der Waals surface area contributed by atoms with Gasteiger partial charge in [0.05, 0.1) is 13.2 Å². The van der Waals surface area contributed by atoms with Crippen molar-refractivity contribution in [2.45, 2.75) is 88.1 Å². The van der Waals surface area contributed by atoms with Gasteiger partial charge in [-0.25, -0.2) is 4.39 Å². The lowest BCUT2D eigenvalue weighted by atomic mass is 9.53. The molecule has 0 atom stereocenters. The number of benzene rings is 1. The first kappa shape index (κ1) is 29.3. The number of rotatable bonds is 7. The molecule has 8 nitrogen and oxygen atoms in total. The molecular formula is C30H38F4N4O4. The summed E-state index contributed by atoms with van der Waals surface area (Å²) >= 11 is 0. The van der Waals surface area contributed by atoms with Crippen LogP contribution in [0.2, 0.25) is 0 Å². The summed E-state index contributed by atoms with van der Waals surface area (Å²) in [6.45, 7) is 5.76. The number of alkyl halides is 4. The first-order valence-corrected chi connectivity index (χ1v) is 14.8. The first-order chi connectivity index (χ1) is 19.7. The molecule has 0 radical (unpaired) electrons. The summed E-state index contributed by atoms with van der Waals surface area (Å²) in [7, 11) is 0. The van der Waals surface area contributed by atoms with Crippen molar-refractivity contribution < 1.29 is 36.7 Å². The van der Waals surface area contributed by atoms with Crippen LogP contribution in [0.4, 0.5) is 28.9 Å². The summed E-state index contributed by atoms with van der Waals surface area (Å²) in [6, 6.07) is 7.61. The van der Waals surface area contributed by atoms with Crippen molar-refractivity contribution in [3.8, 4) is 0 Å². The number of nitrogens with zero attached hydrogens (tertiary/aromatic N) is 4. The smallest absolute Gasteiger partial charge is 0.380 e. The fraction of sp³-hybridized carbons (Fsp3) is 0.700. The Labute approximate surface area is 242 Å². The fourth-order valence-corrected chi connectivity index (χ4v) is 7.21. The summed E-state index contributed by atoms with van der Waals surface area (Å²) in [5.74, 6) is -0.796. The maximum Gasteiger partial charge on any atom is 0.417 e. The zero-order valence-corrected chi connectivity index (χ0v) is 24.1. The number of hydrogen-bond donors (Lipinski definition) is 1. The Hall–Kier alpha value is -2.73. The standard InChI is InChI=1S/C30H38F4N4O4/c1-26(2,31)25-35-24(36-42-25)28-9-6-27(7-10-28,8-11-28)19-38(23(39)20-17-29(40,18-20)30(32,33)34)22-5-3-4-21(16-22)37-12-14-41-15-13-37/h3-5,16,20,40H,6-15,17-19H2,1-2H3. The molecule has 1 amide bonds. The Morgan fingerprint density at radius 3 is 2.29 bits per heavy atom. The Morgan fingerprint density at radius 2 is 1.71 bits per heavy atom. The number of ether oxygens (including phenoxy) is 1. The van der Waals surface area contributed by atoms with Gasteiger partial charge < -0.3 is 24.2 Å². The highest BCUT2D eigenvalue weighted by Gasteiger charge is 2.63. The zero-order chi connectivity index (χ0) is 30.0. The third-order valence-corrected chi connectivity index (χ3v) is 10.1. The van der Waals surface area contributed by atoms with Crippen molar-refractivity contribution in [2.75, 3.05) is 42.6 Å². The van der Waals surface area contributed by atoms with E-state index in [9.17, 15) is 27.5 Å². The lowest BCUT2D eigenvalue weighted by Gasteiger charge is -2.54. The van der Waals surface area contributed by atoms with Gasteiger partial charge in [-0.3, -0.25) is 4.79 Å². The summed E-state index contributed by atoms with van der Waals surface area (Å²) in [6.07, 6.45) is -1.43. The van der Waals surface area contributed by atoms with Crippen molar-refractivity contribution in [1.82, 2.24) is 10.1 Å². The van der Waals surface area contributed by atoms with Gasteiger partial charge in [-0.05, 0) is 88.8 Å². The number of carbonyl (C=O) groups excluding carboxylic acids is 1. The molecule has 5 fully saturated rings. The normalized spacial score (nSPS) is 31.6. The van der Waals surface area contributed by atoms with E-state index >= 15 is 0 Å². The highest BCUT2D eigenvalue weighted by molar-refractivity contribution is 5.96. The van der Waals surface area contributed by atoms with Crippen LogP contribution < -0.4 is 9.80 Å². The highest BCUT2D eigenvalue weighted by atomic mass is 19.4. The molecule has 1 N–H and O–H groups in total. The van der Waals surface area contributed by atoms with Crippen molar-refractivity contribution in [3.05, 3.63) is 36.0 Å². The van der Waals surface area contributed by atoms with Crippen LogP contribution in [0.5, 0.6) is 0 Å². The third kappa shape index (κ3) is 5.18. The van der Waals surface area contributed by atoms with Gasteiger partial charge in [0.2, 0.25) is 5.91 Å². The molecule has 2 bridgehead atoms. The number of anilines is 2. The van der Waals surface area contributed by atoms with E-state index in [4.69, 9.17) is 9.26 Å². The van der Waals surface area contributed by atoms with Crippen LogP contribution in [0.1, 0.15) is 76.9 Å². The number of aromatic nitrogens is 2. The average Bonchev–Trinajstić information content (AvgIpc) is 3.47. The second-order valence-electron chi connectivity index (χ2n) is 13.4. The number of morpholine rings is 1. The van der Waals surface area contributed by atoms with E-state index < -0.39 is 36.2 Å². The molecule has 230 valence electrons. The minimum absolute atomic E-state index is 0.0366. The maximum atomic E-state index is 14.4. The van der Waals surface area contributed by atoms with E-state index in [1.54, 1.807) is 4.90 Å². The quantitative estimate of drug-likeness (QED) is 0.427. The molecule has 0 unspecified atom stereocenters. The van der Waals surface area contributed by atoms with Crippen LogP contribution in [0.25, 0.3) is 0 Å². The summed E-state index contributed by atoms with van der Waals surface area (Å²) in [4.78, 5) is 22.2. The highest BCUT2D eigenvalue weighted by Crippen LogP contribution is 2.58. The van der Waals surface area contributed by atoms with E-state index in [1.807, 2.05) is 24.3 Å². The van der Waals surface area contributed by atoms with Gasteiger partial charge in [-0.2, -0.15) is 18.2 Å². The van der Waals surface area contributed by atoms with Gasteiger partial charge in [0, 0.05) is 42.3 Å². The van der Waals surface area contributed by atoms with Crippen molar-refractivity contribution in [3.63, 3.8) is 0 Å². The minimum Gasteiger partial charge on any atom is -0.380 e. The number of carbonyl (C=O) groups is 1. The van der Waals surface area contributed by atoms with E-state index in [1.165, 1.54) is 13.8 Å². The zero-order valence-electron chi connectivity index (χ0n) is 24.1. The van der Waals surface area contributed by atoms with Crippen molar-refractivity contribution >= 4 is 17.3 Å². The topological polar surface area (TPSA) is 91.9 Å². The summed E-state index contributed by atoms with van der Waals surface area (Å²) < 4.78 is 65.4. The minimum atomic E-state index is -4.77. The van der Waals surface area contributed by atoms with Crippen LogP contribution in [0.3, 0.4) is 0 Å². The monoisotopic (exact) mass is 594 g/mol. The van der Waals surface area contributed by atoms with Crippen LogP contribution in [-0.2, 0) is 20.6 Å². The van der Waals surface area contributed by atoms with Crippen molar-refractivity contribution in [1.29, 1.82) is 0 Å². The molecule has 0 spiro atoms. The molecule has 1 aromatic heterocycles. The number of aliphatic hydroxyl groups is 1. The molecule has 1 aliphatic heterocycles. The van der Waals surface area contributed by atoms with Crippen LogP contribution in [0.15, 0.2) is 28.8 Å². The van der Waals surface area contributed by atoms with Gasteiger partial charge in [0.15, 0.2) is 17.1 Å².